The molecular formula is C11H25NO3. The minimum Gasteiger partial charge on any atom is -0.394 e. The van der Waals surface area contributed by atoms with Crippen LogP contribution < -0.4 is 5.32 Å². The molecule has 0 radical (unpaired) electrons. The highest BCUT2D eigenvalue weighted by atomic mass is 16.5. The monoisotopic (exact) mass is 219 g/mol. The Balaban J connectivity index is 3.40. The van der Waals surface area contributed by atoms with E-state index in [2.05, 4.69) is 19.2 Å². The maximum absolute atomic E-state index is 9.94. The fourth-order valence-corrected chi connectivity index (χ4v) is 1.62. The summed E-state index contributed by atoms with van der Waals surface area (Å²) >= 11 is 0. The van der Waals surface area contributed by atoms with Crippen LogP contribution in [0, 0.1) is 5.92 Å². The van der Waals surface area contributed by atoms with E-state index in [1.807, 2.05) is 6.92 Å². The van der Waals surface area contributed by atoms with Crippen molar-refractivity contribution in [2.75, 3.05) is 32.9 Å². The molecule has 0 aromatic heterocycles. The Hall–Kier alpha value is -0.160. The molecule has 0 saturated carbocycles. The molecule has 92 valence electrons. The van der Waals surface area contributed by atoms with Crippen LogP contribution in [0.3, 0.4) is 0 Å². The number of aliphatic hydroxyl groups is 2. The summed E-state index contributed by atoms with van der Waals surface area (Å²) in [5.41, 5.74) is -0.648. The SMILES string of the molecule is CC(C)CC(C)(O)CNCCOCCO. The van der Waals surface area contributed by atoms with E-state index < -0.39 is 5.60 Å². The van der Waals surface area contributed by atoms with Gasteiger partial charge in [0.25, 0.3) is 0 Å². The van der Waals surface area contributed by atoms with Crippen molar-refractivity contribution in [2.24, 2.45) is 5.92 Å². The Morgan fingerprint density at radius 3 is 2.53 bits per heavy atom. The zero-order valence-corrected chi connectivity index (χ0v) is 10.1. The molecule has 1 atom stereocenters. The Bertz CT molecular complexity index is 149. The molecule has 0 fully saturated rings. The first-order valence-electron chi connectivity index (χ1n) is 5.59. The van der Waals surface area contributed by atoms with E-state index in [1.165, 1.54) is 0 Å². The number of rotatable bonds is 9. The highest BCUT2D eigenvalue weighted by molar-refractivity contribution is 4.76. The van der Waals surface area contributed by atoms with Gasteiger partial charge in [0.1, 0.15) is 0 Å². The van der Waals surface area contributed by atoms with Crippen LogP contribution in [0.2, 0.25) is 0 Å². The van der Waals surface area contributed by atoms with E-state index >= 15 is 0 Å². The molecule has 3 N–H and O–H groups in total. The number of ether oxygens (including phenoxy) is 1. The summed E-state index contributed by atoms with van der Waals surface area (Å²) in [6, 6.07) is 0. The van der Waals surface area contributed by atoms with Crippen LogP contribution in [0.4, 0.5) is 0 Å². The fraction of sp³-hybridized carbons (Fsp3) is 1.00. The Kier molecular flexibility index (Phi) is 7.96. The van der Waals surface area contributed by atoms with Gasteiger partial charge in [-0.1, -0.05) is 13.8 Å². The molecule has 1 unspecified atom stereocenters. The van der Waals surface area contributed by atoms with Crippen LogP contribution in [0.25, 0.3) is 0 Å². The van der Waals surface area contributed by atoms with Gasteiger partial charge in [0.2, 0.25) is 0 Å². The molecule has 0 saturated heterocycles. The number of aliphatic hydroxyl groups excluding tert-OH is 1. The van der Waals surface area contributed by atoms with Crippen LogP contribution in [0.1, 0.15) is 27.2 Å². The molecule has 0 aromatic rings. The van der Waals surface area contributed by atoms with E-state index in [0.29, 0.717) is 32.2 Å². The van der Waals surface area contributed by atoms with Gasteiger partial charge in [-0.05, 0) is 19.3 Å². The van der Waals surface area contributed by atoms with E-state index in [4.69, 9.17) is 9.84 Å². The van der Waals surface area contributed by atoms with Crippen LogP contribution in [-0.2, 0) is 4.74 Å². The molecule has 0 amide bonds. The highest BCUT2D eigenvalue weighted by Gasteiger charge is 2.20. The molecule has 4 heteroatoms. The lowest BCUT2D eigenvalue weighted by Gasteiger charge is -2.25. The third-order valence-electron chi connectivity index (χ3n) is 2.01. The van der Waals surface area contributed by atoms with Gasteiger partial charge in [0, 0.05) is 13.1 Å². The maximum atomic E-state index is 9.94. The van der Waals surface area contributed by atoms with Crippen molar-refractivity contribution in [2.45, 2.75) is 32.8 Å². The molecule has 0 aliphatic rings. The maximum Gasteiger partial charge on any atom is 0.0746 e. The average Bonchev–Trinajstić information content (AvgIpc) is 2.08. The van der Waals surface area contributed by atoms with Gasteiger partial charge in [-0.3, -0.25) is 0 Å². The summed E-state index contributed by atoms with van der Waals surface area (Å²) in [5.74, 6) is 0.493. The van der Waals surface area contributed by atoms with E-state index in [9.17, 15) is 5.11 Å². The van der Waals surface area contributed by atoms with Crippen molar-refractivity contribution < 1.29 is 14.9 Å². The normalized spacial score (nSPS) is 15.6. The summed E-state index contributed by atoms with van der Waals surface area (Å²) in [6.07, 6.45) is 0.789. The molecule has 15 heavy (non-hydrogen) atoms. The third kappa shape index (κ3) is 10.1. The largest absolute Gasteiger partial charge is 0.394 e. The van der Waals surface area contributed by atoms with Crippen LogP contribution in [0.5, 0.6) is 0 Å². The predicted octanol–water partition coefficient (Wildman–Crippen LogP) is 0.382. The smallest absolute Gasteiger partial charge is 0.0746 e. The van der Waals surface area contributed by atoms with Crippen LogP contribution in [0.15, 0.2) is 0 Å². The lowest BCUT2D eigenvalue weighted by Crippen LogP contribution is -2.40. The molecule has 0 aliphatic heterocycles. The van der Waals surface area contributed by atoms with Crippen LogP contribution in [-0.4, -0.2) is 48.7 Å². The standard InChI is InChI=1S/C11H25NO3/c1-10(2)8-11(3,14)9-12-4-6-15-7-5-13/h10,12-14H,4-9H2,1-3H3. The summed E-state index contributed by atoms with van der Waals surface area (Å²) in [7, 11) is 0. The first-order valence-corrected chi connectivity index (χ1v) is 5.59. The summed E-state index contributed by atoms with van der Waals surface area (Å²) in [5, 5.41) is 21.5. The van der Waals surface area contributed by atoms with Crippen molar-refractivity contribution in [3.63, 3.8) is 0 Å². The lowest BCUT2D eigenvalue weighted by molar-refractivity contribution is 0.0348. The summed E-state index contributed by atoms with van der Waals surface area (Å²) < 4.78 is 5.08. The van der Waals surface area contributed by atoms with Crippen molar-refractivity contribution in [1.29, 1.82) is 0 Å². The quantitative estimate of drug-likeness (QED) is 0.491. The van der Waals surface area contributed by atoms with Gasteiger partial charge in [-0.2, -0.15) is 0 Å². The Morgan fingerprint density at radius 2 is 2.00 bits per heavy atom. The van der Waals surface area contributed by atoms with Crippen molar-refractivity contribution in [3.8, 4) is 0 Å². The Labute approximate surface area is 92.6 Å². The Morgan fingerprint density at radius 1 is 1.33 bits per heavy atom. The highest BCUT2D eigenvalue weighted by Crippen LogP contribution is 2.14. The average molecular weight is 219 g/mol. The van der Waals surface area contributed by atoms with Gasteiger partial charge in [0.15, 0.2) is 0 Å². The molecule has 0 bridgehead atoms. The summed E-state index contributed by atoms with van der Waals surface area (Å²) in [6.45, 7) is 8.32. The third-order valence-corrected chi connectivity index (χ3v) is 2.01. The van der Waals surface area contributed by atoms with E-state index in [1.54, 1.807) is 0 Å². The number of hydrogen-bond donors (Lipinski definition) is 3. The second-order valence-corrected chi connectivity index (χ2v) is 4.61. The minimum atomic E-state index is -0.648. The molecule has 0 spiro atoms. The lowest BCUT2D eigenvalue weighted by atomic mass is 9.94. The second kappa shape index (κ2) is 8.05. The number of nitrogens with one attached hydrogen (secondary N) is 1. The minimum absolute atomic E-state index is 0.0606. The fourth-order valence-electron chi connectivity index (χ4n) is 1.62. The van der Waals surface area contributed by atoms with Gasteiger partial charge in [0.05, 0.1) is 25.4 Å². The van der Waals surface area contributed by atoms with Gasteiger partial charge >= 0.3 is 0 Å². The first-order chi connectivity index (χ1) is 6.98. The zero-order valence-electron chi connectivity index (χ0n) is 10.1. The summed E-state index contributed by atoms with van der Waals surface area (Å²) in [4.78, 5) is 0. The molecule has 0 aromatic carbocycles. The molecular weight excluding hydrogens is 194 g/mol. The van der Waals surface area contributed by atoms with Crippen molar-refractivity contribution in [3.05, 3.63) is 0 Å². The first kappa shape index (κ1) is 14.8. The predicted molar refractivity (Wildman–Crippen MR) is 60.9 cm³/mol. The van der Waals surface area contributed by atoms with Crippen molar-refractivity contribution in [1.82, 2.24) is 5.32 Å². The van der Waals surface area contributed by atoms with Gasteiger partial charge in [-0.25, -0.2) is 0 Å². The van der Waals surface area contributed by atoms with E-state index in [-0.39, 0.29) is 6.61 Å². The topological polar surface area (TPSA) is 61.7 Å². The van der Waals surface area contributed by atoms with E-state index in [0.717, 1.165) is 6.42 Å². The number of hydrogen-bond acceptors (Lipinski definition) is 4. The molecule has 0 heterocycles. The van der Waals surface area contributed by atoms with Gasteiger partial charge < -0.3 is 20.3 Å². The molecule has 0 rings (SSSR count). The molecule has 4 nitrogen and oxygen atoms in total. The zero-order chi connectivity index (χ0) is 11.7. The molecule has 0 aliphatic carbocycles. The van der Waals surface area contributed by atoms with Crippen LogP contribution >= 0.6 is 0 Å². The van der Waals surface area contributed by atoms with Crippen molar-refractivity contribution >= 4 is 0 Å². The second-order valence-electron chi connectivity index (χ2n) is 4.61. The van der Waals surface area contributed by atoms with Gasteiger partial charge in [-0.15, -0.1) is 0 Å².